The molecule has 0 saturated heterocycles. The highest BCUT2D eigenvalue weighted by Gasteiger charge is 2.10. The predicted octanol–water partition coefficient (Wildman–Crippen LogP) is 1.76. The number of nitrogens with one attached hydrogen (secondary N) is 1. The smallest absolute Gasteiger partial charge is 0.0725 e. The number of fused-ring (bicyclic) bond motifs is 1. The van der Waals surface area contributed by atoms with Crippen molar-refractivity contribution in [1.29, 1.82) is 0 Å². The summed E-state index contributed by atoms with van der Waals surface area (Å²) in [5.41, 5.74) is 4.07. The molecule has 0 unspecified atom stereocenters. The van der Waals surface area contributed by atoms with Crippen LogP contribution in [0.25, 0.3) is 0 Å². The second kappa shape index (κ2) is 6.15. The summed E-state index contributed by atoms with van der Waals surface area (Å²) in [7, 11) is 4.22. The Morgan fingerprint density at radius 1 is 1.24 bits per heavy atom. The second-order valence-corrected chi connectivity index (χ2v) is 4.93. The average Bonchev–Trinajstić information content (AvgIpc) is 2.75. The van der Waals surface area contributed by atoms with Crippen LogP contribution in [0, 0.1) is 0 Å². The third-order valence-corrected chi connectivity index (χ3v) is 3.07. The van der Waals surface area contributed by atoms with Gasteiger partial charge in [-0.2, -0.15) is 0 Å². The maximum atomic E-state index is 5.41. The fourth-order valence-corrected chi connectivity index (χ4v) is 2.09. The van der Waals surface area contributed by atoms with E-state index in [1.165, 1.54) is 23.1 Å². The standard InChI is InChI=1S/C14H22N2O/c1-16(2)7-3-6-15-9-12-4-5-13-10-17-11-14(13)8-12/h4-5,8,15H,3,6-7,9-11H2,1-2H3. The van der Waals surface area contributed by atoms with Crippen molar-refractivity contribution in [3.63, 3.8) is 0 Å². The molecule has 3 nitrogen and oxygen atoms in total. The van der Waals surface area contributed by atoms with Gasteiger partial charge in [-0.15, -0.1) is 0 Å². The first-order chi connectivity index (χ1) is 8.25. The molecule has 0 bridgehead atoms. The summed E-state index contributed by atoms with van der Waals surface area (Å²) in [4.78, 5) is 2.22. The average molecular weight is 234 g/mol. The van der Waals surface area contributed by atoms with Crippen LogP contribution in [-0.4, -0.2) is 32.1 Å². The Bertz CT molecular complexity index is 363. The summed E-state index contributed by atoms with van der Waals surface area (Å²) >= 11 is 0. The number of ether oxygens (including phenoxy) is 1. The lowest BCUT2D eigenvalue weighted by molar-refractivity contribution is 0.134. The zero-order chi connectivity index (χ0) is 12.1. The number of rotatable bonds is 6. The van der Waals surface area contributed by atoms with Crippen molar-refractivity contribution >= 4 is 0 Å². The quantitative estimate of drug-likeness (QED) is 0.759. The lowest BCUT2D eigenvalue weighted by Crippen LogP contribution is -2.21. The van der Waals surface area contributed by atoms with Crippen LogP contribution in [0.15, 0.2) is 18.2 Å². The maximum absolute atomic E-state index is 5.41. The zero-order valence-corrected chi connectivity index (χ0v) is 10.8. The predicted molar refractivity (Wildman–Crippen MR) is 69.8 cm³/mol. The Labute approximate surface area is 104 Å². The molecular formula is C14H22N2O. The van der Waals surface area contributed by atoms with Crippen LogP contribution in [0.4, 0.5) is 0 Å². The minimum absolute atomic E-state index is 0.782. The summed E-state index contributed by atoms with van der Waals surface area (Å²) in [6.45, 7) is 4.74. The van der Waals surface area contributed by atoms with Crippen LogP contribution in [0.5, 0.6) is 0 Å². The van der Waals surface area contributed by atoms with Gasteiger partial charge in [-0.05, 0) is 50.3 Å². The van der Waals surface area contributed by atoms with Crippen molar-refractivity contribution < 1.29 is 4.74 Å². The monoisotopic (exact) mass is 234 g/mol. The van der Waals surface area contributed by atoms with Crippen molar-refractivity contribution in [3.05, 3.63) is 34.9 Å². The topological polar surface area (TPSA) is 24.5 Å². The molecule has 0 aliphatic carbocycles. The van der Waals surface area contributed by atoms with Gasteiger partial charge in [0.1, 0.15) is 0 Å². The number of hydrogen-bond donors (Lipinski definition) is 1. The summed E-state index contributed by atoms with van der Waals surface area (Å²) in [5, 5.41) is 3.48. The van der Waals surface area contributed by atoms with Crippen molar-refractivity contribution in [2.45, 2.75) is 26.2 Å². The van der Waals surface area contributed by atoms with Crippen LogP contribution in [0.3, 0.4) is 0 Å². The molecule has 0 radical (unpaired) electrons. The van der Waals surface area contributed by atoms with Crippen molar-refractivity contribution in [2.24, 2.45) is 0 Å². The van der Waals surface area contributed by atoms with Gasteiger partial charge < -0.3 is 15.0 Å². The van der Waals surface area contributed by atoms with E-state index in [1.54, 1.807) is 0 Å². The molecule has 1 N–H and O–H groups in total. The van der Waals surface area contributed by atoms with E-state index < -0.39 is 0 Å². The Morgan fingerprint density at radius 3 is 2.88 bits per heavy atom. The van der Waals surface area contributed by atoms with Gasteiger partial charge in [0.25, 0.3) is 0 Å². The van der Waals surface area contributed by atoms with E-state index in [-0.39, 0.29) is 0 Å². The van der Waals surface area contributed by atoms with Crippen molar-refractivity contribution in [1.82, 2.24) is 10.2 Å². The third-order valence-electron chi connectivity index (χ3n) is 3.07. The summed E-state index contributed by atoms with van der Waals surface area (Å²) < 4.78 is 5.41. The minimum atomic E-state index is 0.782. The van der Waals surface area contributed by atoms with Crippen LogP contribution in [0.2, 0.25) is 0 Å². The first-order valence-corrected chi connectivity index (χ1v) is 6.29. The molecule has 1 aliphatic heterocycles. The molecule has 1 aliphatic rings. The Balaban J connectivity index is 1.72. The SMILES string of the molecule is CN(C)CCCNCc1ccc2c(c1)COC2. The molecule has 3 heteroatoms. The fourth-order valence-electron chi connectivity index (χ4n) is 2.09. The molecule has 0 amide bonds. The third kappa shape index (κ3) is 3.80. The highest BCUT2D eigenvalue weighted by atomic mass is 16.5. The van der Waals surface area contributed by atoms with E-state index >= 15 is 0 Å². The molecule has 0 saturated carbocycles. The molecule has 0 aromatic heterocycles. The van der Waals surface area contributed by atoms with Gasteiger partial charge >= 0.3 is 0 Å². The van der Waals surface area contributed by atoms with E-state index in [4.69, 9.17) is 4.74 Å². The van der Waals surface area contributed by atoms with Gasteiger partial charge in [0.2, 0.25) is 0 Å². The molecule has 0 atom stereocenters. The van der Waals surface area contributed by atoms with E-state index in [0.29, 0.717) is 0 Å². The van der Waals surface area contributed by atoms with Crippen LogP contribution in [0.1, 0.15) is 23.1 Å². The van der Waals surface area contributed by atoms with Gasteiger partial charge in [-0.3, -0.25) is 0 Å². The van der Waals surface area contributed by atoms with Gasteiger partial charge in [0.05, 0.1) is 13.2 Å². The molecule has 0 spiro atoms. The Kier molecular flexibility index (Phi) is 4.54. The number of benzene rings is 1. The summed E-state index contributed by atoms with van der Waals surface area (Å²) in [5.74, 6) is 0. The molecule has 17 heavy (non-hydrogen) atoms. The normalized spacial score (nSPS) is 14.3. The molecular weight excluding hydrogens is 212 g/mol. The van der Waals surface area contributed by atoms with E-state index in [1.807, 2.05) is 0 Å². The summed E-state index contributed by atoms with van der Waals surface area (Å²) in [6, 6.07) is 6.66. The highest BCUT2D eigenvalue weighted by molar-refractivity contribution is 5.33. The minimum Gasteiger partial charge on any atom is -0.372 e. The van der Waals surface area contributed by atoms with Crippen LogP contribution < -0.4 is 5.32 Å². The second-order valence-electron chi connectivity index (χ2n) is 4.93. The number of nitrogens with zero attached hydrogens (tertiary/aromatic N) is 1. The van der Waals surface area contributed by atoms with E-state index in [9.17, 15) is 0 Å². The molecule has 94 valence electrons. The van der Waals surface area contributed by atoms with Crippen molar-refractivity contribution in [2.75, 3.05) is 27.2 Å². The molecule has 1 aromatic rings. The van der Waals surface area contributed by atoms with E-state index in [2.05, 4.69) is 42.5 Å². The van der Waals surface area contributed by atoms with Crippen LogP contribution >= 0.6 is 0 Å². The van der Waals surface area contributed by atoms with Crippen LogP contribution in [-0.2, 0) is 24.5 Å². The molecule has 1 aromatic carbocycles. The van der Waals surface area contributed by atoms with Gasteiger partial charge in [0, 0.05) is 6.54 Å². The highest BCUT2D eigenvalue weighted by Crippen LogP contribution is 2.20. The molecule has 2 rings (SSSR count). The Morgan fingerprint density at radius 2 is 2.06 bits per heavy atom. The number of hydrogen-bond acceptors (Lipinski definition) is 3. The fraction of sp³-hybridized carbons (Fsp3) is 0.571. The van der Waals surface area contributed by atoms with E-state index in [0.717, 1.165) is 32.8 Å². The van der Waals surface area contributed by atoms with Gasteiger partial charge in [-0.1, -0.05) is 18.2 Å². The lowest BCUT2D eigenvalue weighted by Gasteiger charge is -2.10. The Hall–Kier alpha value is -0.900. The summed E-state index contributed by atoms with van der Waals surface area (Å²) in [6.07, 6.45) is 1.20. The largest absolute Gasteiger partial charge is 0.372 e. The first kappa shape index (κ1) is 12.6. The lowest BCUT2D eigenvalue weighted by atomic mass is 10.1. The van der Waals surface area contributed by atoms with Gasteiger partial charge in [-0.25, -0.2) is 0 Å². The molecule has 1 heterocycles. The van der Waals surface area contributed by atoms with Crippen molar-refractivity contribution in [3.8, 4) is 0 Å². The maximum Gasteiger partial charge on any atom is 0.0725 e. The zero-order valence-electron chi connectivity index (χ0n) is 10.8. The van der Waals surface area contributed by atoms with Gasteiger partial charge in [0.15, 0.2) is 0 Å². The first-order valence-electron chi connectivity index (χ1n) is 6.29. The molecule has 0 fully saturated rings.